The number of methoxy groups -OCH3 is 1. The first kappa shape index (κ1) is 15.6. The molecule has 1 heterocycles. The van der Waals surface area contributed by atoms with Gasteiger partial charge in [-0.05, 0) is 29.5 Å². The predicted molar refractivity (Wildman–Crippen MR) is 85.1 cm³/mol. The van der Waals surface area contributed by atoms with Crippen molar-refractivity contribution in [2.45, 2.75) is 26.2 Å². The highest BCUT2D eigenvalue weighted by atomic mass is 35.5. The molecule has 4 heteroatoms. The van der Waals surface area contributed by atoms with Gasteiger partial charge in [0, 0.05) is 32.7 Å². The van der Waals surface area contributed by atoms with Crippen LogP contribution in [0.2, 0.25) is 5.02 Å². The van der Waals surface area contributed by atoms with E-state index in [1.807, 2.05) is 6.07 Å². The summed E-state index contributed by atoms with van der Waals surface area (Å²) in [5.41, 5.74) is 2.51. The van der Waals surface area contributed by atoms with E-state index in [0.29, 0.717) is 5.92 Å². The van der Waals surface area contributed by atoms with E-state index in [1.165, 1.54) is 11.1 Å². The van der Waals surface area contributed by atoms with Gasteiger partial charge in [-0.15, -0.1) is 0 Å². The highest BCUT2D eigenvalue weighted by molar-refractivity contribution is 6.32. The highest BCUT2D eigenvalue weighted by Crippen LogP contribution is 2.33. The van der Waals surface area contributed by atoms with Gasteiger partial charge in [0.15, 0.2) is 0 Å². The summed E-state index contributed by atoms with van der Waals surface area (Å²) in [6, 6.07) is 4.27. The van der Waals surface area contributed by atoms with Crippen molar-refractivity contribution in [1.82, 2.24) is 10.2 Å². The molecule has 0 aliphatic carbocycles. The number of benzene rings is 1. The molecule has 3 nitrogen and oxygen atoms in total. The SMILES string of the molecule is COc1c(Cl)cc(C(C)C)cc1CCN1CCNCC1. The molecule has 0 aromatic heterocycles. The number of rotatable bonds is 5. The smallest absolute Gasteiger partial charge is 0.140 e. The van der Waals surface area contributed by atoms with Crippen molar-refractivity contribution in [3.05, 3.63) is 28.3 Å². The number of hydrogen-bond acceptors (Lipinski definition) is 3. The van der Waals surface area contributed by atoms with Gasteiger partial charge in [-0.25, -0.2) is 0 Å². The molecule has 1 N–H and O–H groups in total. The Bertz CT molecular complexity index is 442. The lowest BCUT2D eigenvalue weighted by molar-refractivity contribution is 0.243. The van der Waals surface area contributed by atoms with E-state index >= 15 is 0 Å². The molecular weight excluding hydrogens is 272 g/mol. The Balaban J connectivity index is 2.11. The van der Waals surface area contributed by atoms with Crippen molar-refractivity contribution in [1.29, 1.82) is 0 Å². The van der Waals surface area contributed by atoms with Gasteiger partial charge in [-0.3, -0.25) is 0 Å². The fraction of sp³-hybridized carbons (Fsp3) is 0.625. The van der Waals surface area contributed by atoms with Crippen LogP contribution in [-0.4, -0.2) is 44.7 Å². The maximum atomic E-state index is 6.35. The molecule has 0 spiro atoms. The van der Waals surface area contributed by atoms with Gasteiger partial charge in [0.25, 0.3) is 0 Å². The molecule has 1 saturated heterocycles. The van der Waals surface area contributed by atoms with Crippen LogP contribution in [0, 0.1) is 0 Å². The quantitative estimate of drug-likeness (QED) is 0.904. The van der Waals surface area contributed by atoms with Crippen LogP contribution >= 0.6 is 11.6 Å². The average molecular weight is 297 g/mol. The van der Waals surface area contributed by atoms with Gasteiger partial charge in [0.1, 0.15) is 5.75 Å². The Labute approximate surface area is 127 Å². The van der Waals surface area contributed by atoms with E-state index in [9.17, 15) is 0 Å². The van der Waals surface area contributed by atoms with E-state index in [1.54, 1.807) is 7.11 Å². The zero-order valence-corrected chi connectivity index (χ0v) is 13.5. The second kappa shape index (κ2) is 7.30. The van der Waals surface area contributed by atoms with Crippen molar-refractivity contribution >= 4 is 11.6 Å². The fourth-order valence-corrected chi connectivity index (χ4v) is 2.96. The fourth-order valence-electron chi connectivity index (χ4n) is 2.63. The highest BCUT2D eigenvalue weighted by Gasteiger charge is 2.14. The van der Waals surface area contributed by atoms with Gasteiger partial charge < -0.3 is 15.0 Å². The summed E-state index contributed by atoms with van der Waals surface area (Å²) in [4.78, 5) is 2.49. The predicted octanol–water partition coefficient (Wildman–Crippen LogP) is 2.92. The number of nitrogens with one attached hydrogen (secondary N) is 1. The third kappa shape index (κ3) is 3.87. The van der Waals surface area contributed by atoms with E-state index in [-0.39, 0.29) is 0 Å². The second-order valence-corrected chi connectivity index (χ2v) is 6.10. The first-order chi connectivity index (χ1) is 9.61. The van der Waals surface area contributed by atoms with Crippen molar-refractivity contribution in [3.8, 4) is 5.75 Å². The average Bonchev–Trinajstić information content (AvgIpc) is 2.45. The summed E-state index contributed by atoms with van der Waals surface area (Å²) >= 11 is 6.35. The molecular formula is C16H25ClN2O. The minimum atomic E-state index is 0.483. The van der Waals surface area contributed by atoms with E-state index in [2.05, 4.69) is 30.1 Å². The van der Waals surface area contributed by atoms with Crippen LogP contribution in [0.3, 0.4) is 0 Å². The molecule has 1 aromatic rings. The van der Waals surface area contributed by atoms with Crippen molar-refractivity contribution < 1.29 is 4.74 Å². The van der Waals surface area contributed by atoms with Gasteiger partial charge in [0.05, 0.1) is 12.1 Å². The molecule has 1 fully saturated rings. The van der Waals surface area contributed by atoms with E-state index < -0.39 is 0 Å². The lowest BCUT2D eigenvalue weighted by Gasteiger charge is -2.27. The summed E-state index contributed by atoms with van der Waals surface area (Å²) in [7, 11) is 1.70. The standard InChI is InChI=1S/C16H25ClN2O/c1-12(2)14-10-13(16(20-3)15(17)11-14)4-7-19-8-5-18-6-9-19/h10-12,18H,4-9H2,1-3H3. The van der Waals surface area contributed by atoms with Gasteiger partial charge in [-0.1, -0.05) is 31.5 Å². The first-order valence-corrected chi connectivity index (χ1v) is 7.79. The zero-order chi connectivity index (χ0) is 14.5. The maximum Gasteiger partial charge on any atom is 0.140 e. The lowest BCUT2D eigenvalue weighted by Crippen LogP contribution is -2.44. The largest absolute Gasteiger partial charge is 0.495 e. The summed E-state index contributed by atoms with van der Waals surface area (Å²) in [6.07, 6.45) is 0.990. The number of piperazine rings is 1. The van der Waals surface area contributed by atoms with Crippen LogP contribution in [0.25, 0.3) is 0 Å². The molecule has 2 rings (SSSR count). The molecule has 0 unspecified atom stereocenters. The molecule has 0 bridgehead atoms. The van der Waals surface area contributed by atoms with Crippen molar-refractivity contribution in [2.75, 3.05) is 39.8 Å². The summed E-state index contributed by atoms with van der Waals surface area (Å²) in [5.74, 6) is 1.32. The monoisotopic (exact) mass is 296 g/mol. The van der Waals surface area contributed by atoms with Crippen LogP contribution in [-0.2, 0) is 6.42 Å². The summed E-state index contributed by atoms with van der Waals surface area (Å²) < 4.78 is 5.49. The van der Waals surface area contributed by atoms with Crippen LogP contribution in [0.15, 0.2) is 12.1 Å². The molecule has 0 radical (unpaired) electrons. The van der Waals surface area contributed by atoms with Crippen molar-refractivity contribution in [3.63, 3.8) is 0 Å². The lowest BCUT2D eigenvalue weighted by atomic mass is 9.98. The Hall–Kier alpha value is -0.770. The molecule has 1 aliphatic heterocycles. The molecule has 0 atom stereocenters. The molecule has 1 aromatic carbocycles. The van der Waals surface area contributed by atoms with Crippen LogP contribution < -0.4 is 10.1 Å². The maximum absolute atomic E-state index is 6.35. The van der Waals surface area contributed by atoms with E-state index in [4.69, 9.17) is 16.3 Å². The summed E-state index contributed by atoms with van der Waals surface area (Å²) in [5, 5.41) is 4.11. The number of nitrogens with zero attached hydrogens (tertiary/aromatic N) is 1. The Kier molecular flexibility index (Phi) is 5.70. The topological polar surface area (TPSA) is 24.5 Å². The van der Waals surface area contributed by atoms with Crippen LogP contribution in [0.4, 0.5) is 0 Å². The number of ether oxygens (including phenoxy) is 1. The third-order valence-corrected chi connectivity index (χ3v) is 4.20. The number of hydrogen-bond donors (Lipinski definition) is 1. The first-order valence-electron chi connectivity index (χ1n) is 7.41. The Morgan fingerprint density at radius 2 is 2.00 bits per heavy atom. The van der Waals surface area contributed by atoms with Crippen molar-refractivity contribution in [2.24, 2.45) is 0 Å². The third-order valence-electron chi connectivity index (χ3n) is 3.92. The Morgan fingerprint density at radius 3 is 2.60 bits per heavy atom. The summed E-state index contributed by atoms with van der Waals surface area (Å²) in [6.45, 7) is 9.88. The second-order valence-electron chi connectivity index (χ2n) is 5.69. The minimum Gasteiger partial charge on any atom is -0.495 e. The molecule has 1 aliphatic rings. The van der Waals surface area contributed by atoms with Crippen LogP contribution in [0.5, 0.6) is 5.75 Å². The zero-order valence-electron chi connectivity index (χ0n) is 12.7. The Morgan fingerprint density at radius 1 is 1.30 bits per heavy atom. The normalized spacial score (nSPS) is 16.6. The van der Waals surface area contributed by atoms with Gasteiger partial charge >= 0.3 is 0 Å². The van der Waals surface area contributed by atoms with Gasteiger partial charge in [-0.2, -0.15) is 0 Å². The van der Waals surface area contributed by atoms with Crippen LogP contribution in [0.1, 0.15) is 30.9 Å². The molecule has 20 heavy (non-hydrogen) atoms. The molecule has 0 saturated carbocycles. The number of halogens is 1. The minimum absolute atomic E-state index is 0.483. The molecule has 112 valence electrons. The van der Waals surface area contributed by atoms with E-state index in [0.717, 1.165) is 49.9 Å². The van der Waals surface area contributed by atoms with Gasteiger partial charge in [0.2, 0.25) is 0 Å². The molecule has 0 amide bonds.